The van der Waals surface area contributed by atoms with Gasteiger partial charge < -0.3 is 14.7 Å². The Labute approximate surface area is 158 Å². The van der Waals surface area contributed by atoms with E-state index in [1.54, 1.807) is 0 Å². The van der Waals surface area contributed by atoms with Crippen molar-refractivity contribution in [2.75, 3.05) is 0 Å². The number of halogens is 1. The van der Waals surface area contributed by atoms with E-state index < -0.39 is 0 Å². The van der Waals surface area contributed by atoms with Crippen LogP contribution < -0.4 is 5.73 Å². The Morgan fingerprint density at radius 2 is 2.12 bits per heavy atom. The van der Waals surface area contributed by atoms with Crippen LogP contribution in [-0.2, 0) is 6.42 Å². The number of nitrogens with two attached hydrogens (primary N) is 1. The fourth-order valence-corrected chi connectivity index (χ4v) is 3.82. The summed E-state index contributed by atoms with van der Waals surface area (Å²) in [6.45, 7) is 0. The largest absolute Gasteiger partial charge is 0.334 e. The number of benzene rings is 1. The maximum Gasteiger partial charge on any atom is 0.258 e. The summed E-state index contributed by atoms with van der Waals surface area (Å²) in [4.78, 5) is 9.10. The van der Waals surface area contributed by atoms with Gasteiger partial charge in [-0.05, 0) is 54.7 Å². The van der Waals surface area contributed by atoms with Gasteiger partial charge in [0.1, 0.15) is 11.3 Å². The monoisotopic (exact) mass is 409 g/mol. The second kappa shape index (κ2) is 6.03. The SMILES string of the molecule is N[C@@H]1CCCc2cc(-c3nc(-c4cn5ccc(Br)cc5n4)no3)ccc21. The number of nitrogens with zero attached hydrogens (tertiary/aromatic N) is 4. The van der Waals surface area contributed by atoms with Gasteiger partial charge >= 0.3 is 0 Å². The number of pyridine rings is 1. The minimum absolute atomic E-state index is 0.128. The number of rotatable bonds is 2. The molecule has 1 aromatic carbocycles. The molecule has 0 saturated carbocycles. The Balaban J connectivity index is 1.51. The van der Waals surface area contributed by atoms with Gasteiger partial charge in [-0.15, -0.1) is 0 Å². The number of fused-ring (bicyclic) bond motifs is 2. The Hall–Kier alpha value is -2.51. The summed E-state index contributed by atoms with van der Waals surface area (Å²) in [5.74, 6) is 0.981. The maximum atomic E-state index is 6.20. The van der Waals surface area contributed by atoms with Crippen LogP contribution in [0.25, 0.3) is 28.6 Å². The highest BCUT2D eigenvalue weighted by Gasteiger charge is 2.19. The van der Waals surface area contributed by atoms with Crippen LogP contribution in [0, 0.1) is 0 Å². The summed E-state index contributed by atoms with van der Waals surface area (Å²) in [7, 11) is 0. The van der Waals surface area contributed by atoms with E-state index in [4.69, 9.17) is 10.3 Å². The molecule has 0 amide bonds. The van der Waals surface area contributed by atoms with Crippen LogP contribution in [0.5, 0.6) is 0 Å². The van der Waals surface area contributed by atoms with Crippen LogP contribution in [0.1, 0.15) is 30.0 Å². The van der Waals surface area contributed by atoms with E-state index in [-0.39, 0.29) is 6.04 Å². The van der Waals surface area contributed by atoms with Crippen molar-refractivity contribution >= 4 is 21.6 Å². The maximum absolute atomic E-state index is 6.20. The van der Waals surface area contributed by atoms with E-state index in [9.17, 15) is 0 Å². The van der Waals surface area contributed by atoms with Crippen LogP contribution in [0.3, 0.4) is 0 Å². The molecule has 0 saturated heterocycles. The zero-order valence-corrected chi connectivity index (χ0v) is 15.5. The number of aryl methyl sites for hydroxylation is 1. The fraction of sp³-hybridized carbons (Fsp3) is 0.211. The fourth-order valence-electron chi connectivity index (χ4n) is 3.49. The van der Waals surface area contributed by atoms with Crippen molar-refractivity contribution in [1.29, 1.82) is 0 Å². The third kappa shape index (κ3) is 2.64. The van der Waals surface area contributed by atoms with Gasteiger partial charge in [0.25, 0.3) is 5.89 Å². The molecule has 130 valence electrons. The first-order valence-electron chi connectivity index (χ1n) is 8.54. The summed E-state index contributed by atoms with van der Waals surface area (Å²) in [6.07, 6.45) is 7.02. The molecule has 7 heteroatoms. The lowest BCUT2D eigenvalue weighted by atomic mass is 9.87. The molecule has 0 aliphatic heterocycles. The minimum Gasteiger partial charge on any atom is -0.334 e. The molecule has 4 aromatic rings. The van der Waals surface area contributed by atoms with Gasteiger partial charge in [0.05, 0.1) is 0 Å². The molecule has 0 radical (unpaired) electrons. The van der Waals surface area contributed by atoms with E-state index in [1.165, 1.54) is 11.1 Å². The second-order valence-corrected chi connectivity index (χ2v) is 7.49. The zero-order chi connectivity index (χ0) is 17.7. The van der Waals surface area contributed by atoms with Crippen molar-refractivity contribution in [2.45, 2.75) is 25.3 Å². The van der Waals surface area contributed by atoms with E-state index in [0.717, 1.165) is 34.9 Å². The number of hydrogen-bond donors (Lipinski definition) is 1. The van der Waals surface area contributed by atoms with Crippen LogP contribution in [-0.4, -0.2) is 19.5 Å². The van der Waals surface area contributed by atoms with Crippen molar-refractivity contribution in [3.05, 3.63) is 58.3 Å². The van der Waals surface area contributed by atoms with Crippen LogP contribution in [0.2, 0.25) is 0 Å². The zero-order valence-electron chi connectivity index (χ0n) is 13.9. The highest BCUT2D eigenvalue weighted by Crippen LogP contribution is 2.31. The van der Waals surface area contributed by atoms with Crippen molar-refractivity contribution < 1.29 is 4.52 Å². The normalized spacial score (nSPS) is 16.8. The lowest BCUT2D eigenvalue weighted by Gasteiger charge is -2.22. The van der Waals surface area contributed by atoms with Gasteiger partial charge in [-0.1, -0.05) is 27.2 Å². The Kier molecular flexibility index (Phi) is 3.65. The predicted octanol–water partition coefficient (Wildman–Crippen LogP) is 4.15. The quantitative estimate of drug-likeness (QED) is 0.537. The number of hydrogen-bond acceptors (Lipinski definition) is 5. The Morgan fingerprint density at radius 3 is 3.04 bits per heavy atom. The molecule has 1 atom stereocenters. The van der Waals surface area contributed by atoms with E-state index in [0.29, 0.717) is 17.4 Å². The molecular formula is C19H16BrN5O. The van der Waals surface area contributed by atoms with Gasteiger partial charge in [-0.25, -0.2) is 4.98 Å². The van der Waals surface area contributed by atoms with Crippen molar-refractivity contribution in [1.82, 2.24) is 19.5 Å². The lowest BCUT2D eigenvalue weighted by Crippen LogP contribution is -2.17. The highest BCUT2D eigenvalue weighted by molar-refractivity contribution is 9.10. The van der Waals surface area contributed by atoms with Gasteiger partial charge in [-0.2, -0.15) is 4.98 Å². The van der Waals surface area contributed by atoms with Crippen LogP contribution >= 0.6 is 15.9 Å². The van der Waals surface area contributed by atoms with Gasteiger partial charge in [-0.3, -0.25) is 0 Å². The van der Waals surface area contributed by atoms with Crippen LogP contribution in [0.4, 0.5) is 0 Å². The summed E-state index contributed by atoms with van der Waals surface area (Å²) >= 11 is 3.45. The molecule has 5 rings (SSSR count). The molecule has 1 aliphatic rings. The molecular weight excluding hydrogens is 394 g/mol. The molecule has 0 spiro atoms. The summed E-state index contributed by atoms with van der Waals surface area (Å²) in [6, 6.07) is 10.2. The molecule has 3 heterocycles. The smallest absolute Gasteiger partial charge is 0.258 e. The molecule has 1 aliphatic carbocycles. The molecule has 0 unspecified atom stereocenters. The van der Waals surface area contributed by atoms with Gasteiger partial charge in [0, 0.05) is 28.5 Å². The first-order valence-corrected chi connectivity index (χ1v) is 9.34. The second-order valence-electron chi connectivity index (χ2n) is 6.57. The summed E-state index contributed by atoms with van der Waals surface area (Å²) in [5.41, 5.74) is 11.1. The number of imidazole rings is 1. The Morgan fingerprint density at radius 1 is 1.19 bits per heavy atom. The highest BCUT2D eigenvalue weighted by atomic mass is 79.9. The molecule has 2 N–H and O–H groups in total. The topological polar surface area (TPSA) is 82.2 Å². The summed E-state index contributed by atoms with van der Waals surface area (Å²) in [5, 5.41) is 4.11. The number of aromatic nitrogens is 4. The van der Waals surface area contributed by atoms with E-state index in [1.807, 2.05) is 35.0 Å². The predicted molar refractivity (Wildman–Crippen MR) is 101 cm³/mol. The molecule has 3 aromatic heterocycles. The molecule has 6 nitrogen and oxygen atoms in total. The Bertz CT molecular complexity index is 1120. The molecule has 0 bridgehead atoms. The lowest BCUT2D eigenvalue weighted by molar-refractivity contribution is 0.432. The van der Waals surface area contributed by atoms with Crippen molar-refractivity contribution in [2.24, 2.45) is 5.73 Å². The van der Waals surface area contributed by atoms with Gasteiger partial charge in [0.15, 0.2) is 0 Å². The van der Waals surface area contributed by atoms with Gasteiger partial charge in [0.2, 0.25) is 5.82 Å². The summed E-state index contributed by atoms with van der Waals surface area (Å²) < 4.78 is 8.39. The van der Waals surface area contributed by atoms with Crippen LogP contribution in [0.15, 0.2) is 51.7 Å². The molecule has 26 heavy (non-hydrogen) atoms. The third-order valence-electron chi connectivity index (χ3n) is 4.83. The van der Waals surface area contributed by atoms with E-state index in [2.05, 4.69) is 43.2 Å². The average molecular weight is 410 g/mol. The molecule has 0 fully saturated rings. The van der Waals surface area contributed by atoms with Crippen molar-refractivity contribution in [3.8, 4) is 23.0 Å². The van der Waals surface area contributed by atoms with E-state index >= 15 is 0 Å². The average Bonchev–Trinajstić information content (AvgIpc) is 3.28. The third-order valence-corrected chi connectivity index (χ3v) is 5.32. The first-order chi connectivity index (χ1) is 12.7. The first kappa shape index (κ1) is 15.7. The van der Waals surface area contributed by atoms with Crippen molar-refractivity contribution in [3.63, 3.8) is 0 Å². The standard InChI is InChI=1S/C19H16BrN5O/c20-13-6-7-25-10-16(22-17(25)9-13)18-23-19(26-24-18)12-4-5-14-11(8-12)2-1-3-15(14)21/h4-10,15H,1-3,21H2/t15-/m1/s1. The minimum atomic E-state index is 0.128.